The zero-order valence-corrected chi connectivity index (χ0v) is 13.6. The van der Waals surface area contributed by atoms with Gasteiger partial charge in [-0.15, -0.1) is 5.10 Å². The van der Waals surface area contributed by atoms with E-state index in [4.69, 9.17) is 0 Å². The average molecular weight is 327 g/mol. The summed E-state index contributed by atoms with van der Waals surface area (Å²) < 4.78 is 0. The van der Waals surface area contributed by atoms with Gasteiger partial charge in [0.25, 0.3) is 0 Å². The summed E-state index contributed by atoms with van der Waals surface area (Å²) in [4.78, 5) is 8.20. The molecular formula is C20H17N5. The second kappa shape index (κ2) is 7.05. The smallest absolute Gasteiger partial charge is 0.156 e. The number of nitrogens with zero attached hydrogens (tertiary/aromatic N) is 4. The maximum absolute atomic E-state index is 4.47. The van der Waals surface area contributed by atoms with Gasteiger partial charge in [-0.1, -0.05) is 30.3 Å². The highest BCUT2D eigenvalue weighted by Gasteiger charge is 2.09. The third-order valence-electron chi connectivity index (χ3n) is 4.07. The zero-order valence-electron chi connectivity index (χ0n) is 13.6. The van der Waals surface area contributed by atoms with Crippen LogP contribution in [0, 0.1) is 0 Å². The minimum atomic E-state index is 0.663. The summed E-state index contributed by atoms with van der Waals surface area (Å²) in [5.41, 5.74) is 3.24. The molecule has 25 heavy (non-hydrogen) atoms. The lowest BCUT2D eigenvalue weighted by Gasteiger charge is -2.11. The van der Waals surface area contributed by atoms with Crippen molar-refractivity contribution in [2.45, 2.75) is 13.0 Å². The van der Waals surface area contributed by atoms with Crippen LogP contribution in [0.2, 0.25) is 0 Å². The van der Waals surface area contributed by atoms with Crippen molar-refractivity contribution in [1.82, 2.24) is 20.2 Å². The Balaban J connectivity index is 1.64. The molecule has 0 saturated carbocycles. The molecule has 0 radical (unpaired) electrons. The van der Waals surface area contributed by atoms with Crippen LogP contribution in [-0.2, 0) is 13.0 Å². The minimum Gasteiger partial charge on any atom is -0.364 e. The highest BCUT2D eigenvalue weighted by atomic mass is 15.2. The van der Waals surface area contributed by atoms with Gasteiger partial charge in [-0.3, -0.25) is 9.97 Å². The number of nitrogens with one attached hydrogen (secondary N) is 1. The Labute approximate surface area is 145 Å². The molecule has 4 rings (SSSR count). The fourth-order valence-electron chi connectivity index (χ4n) is 2.80. The summed E-state index contributed by atoms with van der Waals surface area (Å²) in [7, 11) is 0. The van der Waals surface area contributed by atoms with Crippen LogP contribution in [-0.4, -0.2) is 20.2 Å². The van der Waals surface area contributed by atoms with Crippen molar-refractivity contribution in [3.05, 3.63) is 90.1 Å². The maximum atomic E-state index is 4.47. The number of rotatable bonds is 5. The molecule has 0 amide bonds. The predicted octanol–water partition coefficient (Wildman–Crippen LogP) is 3.62. The van der Waals surface area contributed by atoms with Crippen LogP contribution in [0.3, 0.4) is 0 Å². The first-order chi connectivity index (χ1) is 12.4. The maximum Gasteiger partial charge on any atom is 0.156 e. The fourth-order valence-corrected chi connectivity index (χ4v) is 2.80. The van der Waals surface area contributed by atoms with Gasteiger partial charge in [-0.05, 0) is 29.3 Å². The first-order valence-electron chi connectivity index (χ1n) is 8.16. The molecule has 122 valence electrons. The quantitative estimate of drug-likeness (QED) is 0.606. The molecule has 0 atom stereocenters. The first kappa shape index (κ1) is 15.2. The molecule has 0 aliphatic carbocycles. The molecule has 1 aromatic carbocycles. The van der Waals surface area contributed by atoms with Crippen molar-refractivity contribution in [2.24, 2.45) is 0 Å². The third kappa shape index (κ3) is 3.45. The van der Waals surface area contributed by atoms with E-state index in [1.807, 2.05) is 42.6 Å². The number of hydrogen-bond acceptors (Lipinski definition) is 5. The standard InChI is InChI=1S/C20H17N5/c1-2-6-18-17(5-1)19(12-15-7-10-21-11-8-15)24-25-20(18)23-14-16-4-3-9-22-13-16/h1-11,13H,12,14H2,(H,23,25). The van der Waals surface area contributed by atoms with E-state index in [1.165, 1.54) is 5.56 Å². The number of benzene rings is 1. The lowest BCUT2D eigenvalue weighted by molar-refractivity contribution is 0.945. The van der Waals surface area contributed by atoms with Crippen LogP contribution < -0.4 is 5.32 Å². The molecule has 0 aliphatic rings. The lowest BCUT2D eigenvalue weighted by atomic mass is 10.1. The second-order valence-electron chi connectivity index (χ2n) is 5.79. The Morgan fingerprint density at radius 3 is 2.36 bits per heavy atom. The summed E-state index contributed by atoms with van der Waals surface area (Å²) in [6, 6.07) is 16.2. The molecule has 3 aromatic heterocycles. The van der Waals surface area contributed by atoms with Gasteiger partial charge in [0.1, 0.15) is 0 Å². The lowest BCUT2D eigenvalue weighted by Crippen LogP contribution is -2.06. The Morgan fingerprint density at radius 1 is 0.720 bits per heavy atom. The normalized spacial score (nSPS) is 10.7. The summed E-state index contributed by atoms with van der Waals surface area (Å²) in [5.74, 6) is 0.790. The van der Waals surface area contributed by atoms with Crippen molar-refractivity contribution in [1.29, 1.82) is 0 Å². The van der Waals surface area contributed by atoms with Gasteiger partial charge in [-0.2, -0.15) is 5.10 Å². The summed E-state index contributed by atoms with van der Waals surface area (Å²) in [5, 5.41) is 14.4. The van der Waals surface area contributed by atoms with Gasteiger partial charge in [0.15, 0.2) is 5.82 Å². The number of fused-ring (bicyclic) bond motifs is 1. The minimum absolute atomic E-state index is 0.663. The van der Waals surface area contributed by atoms with E-state index in [2.05, 4.69) is 37.6 Å². The van der Waals surface area contributed by atoms with Crippen LogP contribution in [0.15, 0.2) is 73.3 Å². The van der Waals surface area contributed by atoms with E-state index in [0.29, 0.717) is 6.54 Å². The van der Waals surface area contributed by atoms with E-state index in [9.17, 15) is 0 Å². The number of anilines is 1. The van der Waals surface area contributed by atoms with Gasteiger partial charge < -0.3 is 5.32 Å². The summed E-state index contributed by atoms with van der Waals surface area (Å²) in [6.07, 6.45) is 7.95. The van der Waals surface area contributed by atoms with Crippen molar-refractivity contribution < 1.29 is 0 Å². The molecular weight excluding hydrogens is 310 g/mol. The third-order valence-corrected chi connectivity index (χ3v) is 4.07. The predicted molar refractivity (Wildman–Crippen MR) is 98.1 cm³/mol. The largest absolute Gasteiger partial charge is 0.364 e. The van der Waals surface area contributed by atoms with Crippen molar-refractivity contribution in [3.8, 4) is 0 Å². The highest BCUT2D eigenvalue weighted by Crippen LogP contribution is 2.24. The van der Waals surface area contributed by atoms with Gasteiger partial charge in [0, 0.05) is 48.5 Å². The second-order valence-corrected chi connectivity index (χ2v) is 5.79. The monoisotopic (exact) mass is 327 g/mol. The van der Waals surface area contributed by atoms with E-state index >= 15 is 0 Å². The molecule has 0 spiro atoms. The van der Waals surface area contributed by atoms with Crippen molar-refractivity contribution >= 4 is 16.6 Å². The zero-order chi connectivity index (χ0) is 16.9. The number of pyridine rings is 2. The van der Waals surface area contributed by atoms with Gasteiger partial charge in [0.05, 0.1) is 5.69 Å². The molecule has 1 N–H and O–H groups in total. The van der Waals surface area contributed by atoms with E-state index in [0.717, 1.165) is 34.3 Å². The van der Waals surface area contributed by atoms with E-state index in [1.54, 1.807) is 18.6 Å². The molecule has 5 heteroatoms. The Bertz CT molecular complexity index is 971. The highest BCUT2D eigenvalue weighted by molar-refractivity contribution is 5.93. The van der Waals surface area contributed by atoms with Crippen LogP contribution in [0.5, 0.6) is 0 Å². The van der Waals surface area contributed by atoms with E-state index in [-0.39, 0.29) is 0 Å². The molecule has 0 aliphatic heterocycles. The molecule has 0 saturated heterocycles. The van der Waals surface area contributed by atoms with Crippen molar-refractivity contribution in [2.75, 3.05) is 5.32 Å². The number of hydrogen-bond donors (Lipinski definition) is 1. The topological polar surface area (TPSA) is 63.6 Å². The average Bonchev–Trinajstić information content (AvgIpc) is 2.69. The van der Waals surface area contributed by atoms with E-state index < -0.39 is 0 Å². The van der Waals surface area contributed by atoms with Crippen LogP contribution in [0.25, 0.3) is 10.8 Å². The van der Waals surface area contributed by atoms with Crippen LogP contribution in [0.1, 0.15) is 16.8 Å². The molecule has 0 fully saturated rings. The van der Waals surface area contributed by atoms with Crippen LogP contribution >= 0.6 is 0 Å². The first-order valence-corrected chi connectivity index (χ1v) is 8.16. The molecule has 5 nitrogen and oxygen atoms in total. The number of aromatic nitrogens is 4. The van der Waals surface area contributed by atoms with Gasteiger partial charge in [-0.25, -0.2) is 0 Å². The van der Waals surface area contributed by atoms with Gasteiger partial charge >= 0.3 is 0 Å². The molecule has 0 bridgehead atoms. The SMILES string of the molecule is c1cncc(CNc2nnc(Cc3ccncc3)c3ccccc23)c1. The Morgan fingerprint density at radius 2 is 1.56 bits per heavy atom. The Hall–Kier alpha value is -3.34. The molecule has 3 heterocycles. The van der Waals surface area contributed by atoms with Crippen LogP contribution in [0.4, 0.5) is 5.82 Å². The Kier molecular flexibility index (Phi) is 4.29. The molecule has 4 aromatic rings. The summed E-state index contributed by atoms with van der Waals surface area (Å²) in [6.45, 7) is 0.663. The fraction of sp³-hybridized carbons (Fsp3) is 0.100. The molecule has 0 unspecified atom stereocenters. The van der Waals surface area contributed by atoms with Gasteiger partial charge in [0.2, 0.25) is 0 Å². The summed E-state index contributed by atoms with van der Waals surface area (Å²) >= 11 is 0. The van der Waals surface area contributed by atoms with Crippen molar-refractivity contribution in [3.63, 3.8) is 0 Å².